The van der Waals surface area contributed by atoms with E-state index in [1.54, 1.807) is 19.3 Å². The number of aliphatic hydroxyl groups is 1. The number of nitrogens with zero attached hydrogens (tertiary/aromatic N) is 2. The molecule has 0 spiro atoms. The second-order valence-electron chi connectivity index (χ2n) is 4.30. The summed E-state index contributed by atoms with van der Waals surface area (Å²) in [5, 5.41) is 12.9. The zero-order valence-corrected chi connectivity index (χ0v) is 11.9. The summed E-state index contributed by atoms with van der Waals surface area (Å²) in [5.74, 6) is -2.30. The summed E-state index contributed by atoms with van der Waals surface area (Å²) in [6, 6.07) is 3.21. The standard InChI is InChI=1S/C12H13F2N3O3S/c1-17-5-4-8(16-17)6-15-21(19,20)11-3-2-10(13)9(7-18)12(11)14/h2-5,15,18H,6-7H2,1H3. The van der Waals surface area contributed by atoms with Crippen LogP contribution in [0, 0.1) is 11.6 Å². The van der Waals surface area contributed by atoms with E-state index in [9.17, 15) is 17.2 Å². The SMILES string of the molecule is Cn1ccc(CNS(=O)(=O)c2ccc(F)c(CO)c2F)n1. The normalized spacial score (nSPS) is 11.8. The average Bonchev–Trinajstić information content (AvgIpc) is 2.83. The third kappa shape index (κ3) is 3.26. The van der Waals surface area contributed by atoms with Crippen molar-refractivity contribution in [3.8, 4) is 0 Å². The summed E-state index contributed by atoms with van der Waals surface area (Å²) in [4.78, 5) is -0.719. The first-order valence-corrected chi connectivity index (χ1v) is 7.39. The largest absolute Gasteiger partial charge is 0.391 e. The summed E-state index contributed by atoms with van der Waals surface area (Å²) in [6.07, 6.45) is 1.63. The molecular formula is C12H13F2N3O3S. The number of sulfonamides is 1. The quantitative estimate of drug-likeness (QED) is 0.849. The van der Waals surface area contributed by atoms with Crippen molar-refractivity contribution in [3.63, 3.8) is 0 Å². The van der Waals surface area contributed by atoms with Crippen molar-refractivity contribution < 1.29 is 22.3 Å². The van der Waals surface area contributed by atoms with Crippen molar-refractivity contribution >= 4 is 10.0 Å². The van der Waals surface area contributed by atoms with Crippen LogP contribution in [0.5, 0.6) is 0 Å². The molecule has 21 heavy (non-hydrogen) atoms. The molecule has 6 nitrogen and oxygen atoms in total. The first-order valence-electron chi connectivity index (χ1n) is 5.91. The van der Waals surface area contributed by atoms with Gasteiger partial charge in [0.25, 0.3) is 0 Å². The molecule has 0 bridgehead atoms. The Bertz CT molecular complexity index is 759. The van der Waals surface area contributed by atoms with Crippen LogP contribution in [0.15, 0.2) is 29.3 Å². The van der Waals surface area contributed by atoms with Gasteiger partial charge in [-0.3, -0.25) is 4.68 Å². The highest BCUT2D eigenvalue weighted by molar-refractivity contribution is 7.89. The van der Waals surface area contributed by atoms with Gasteiger partial charge < -0.3 is 5.11 Å². The molecule has 0 saturated carbocycles. The van der Waals surface area contributed by atoms with Crippen LogP contribution in [0.2, 0.25) is 0 Å². The Morgan fingerprint density at radius 3 is 2.62 bits per heavy atom. The lowest BCUT2D eigenvalue weighted by atomic mass is 10.2. The van der Waals surface area contributed by atoms with Gasteiger partial charge in [-0.15, -0.1) is 0 Å². The minimum atomic E-state index is -4.18. The Kier molecular flexibility index (Phi) is 4.35. The summed E-state index contributed by atoms with van der Waals surface area (Å²) in [7, 11) is -2.51. The van der Waals surface area contributed by atoms with Crippen LogP contribution in [0.25, 0.3) is 0 Å². The fourth-order valence-electron chi connectivity index (χ4n) is 1.73. The Labute approximate surface area is 120 Å². The molecule has 0 saturated heterocycles. The third-order valence-electron chi connectivity index (χ3n) is 2.81. The van der Waals surface area contributed by atoms with Gasteiger partial charge in [0.05, 0.1) is 24.4 Å². The zero-order valence-electron chi connectivity index (χ0n) is 11.0. The van der Waals surface area contributed by atoms with Crippen LogP contribution in [0.3, 0.4) is 0 Å². The third-order valence-corrected chi connectivity index (χ3v) is 4.23. The maximum atomic E-state index is 13.9. The van der Waals surface area contributed by atoms with Gasteiger partial charge in [-0.1, -0.05) is 0 Å². The van der Waals surface area contributed by atoms with Crippen LogP contribution >= 0.6 is 0 Å². The molecule has 0 atom stereocenters. The molecule has 0 amide bonds. The number of aliphatic hydroxyl groups excluding tert-OH is 1. The maximum Gasteiger partial charge on any atom is 0.243 e. The molecule has 0 radical (unpaired) electrons. The van der Waals surface area contributed by atoms with Gasteiger partial charge in [-0.2, -0.15) is 5.10 Å². The molecular weight excluding hydrogens is 304 g/mol. The topological polar surface area (TPSA) is 84.2 Å². The summed E-state index contributed by atoms with van der Waals surface area (Å²) >= 11 is 0. The molecule has 0 fully saturated rings. The van der Waals surface area contributed by atoms with Crippen molar-refractivity contribution in [2.75, 3.05) is 0 Å². The van der Waals surface area contributed by atoms with E-state index < -0.39 is 38.7 Å². The monoisotopic (exact) mass is 317 g/mol. The first kappa shape index (κ1) is 15.5. The molecule has 114 valence electrons. The predicted molar refractivity (Wildman–Crippen MR) is 69.5 cm³/mol. The molecule has 0 aliphatic heterocycles. The number of hydrogen-bond donors (Lipinski definition) is 2. The zero-order chi connectivity index (χ0) is 15.6. The van der Waals surface area contributed by atoms with E-state index in [1.807, 2.05) is 0 Å². The highest BCUT2D eigenvalue weighted by atomic mass is 32.2. The minimum Gasteiger partial charge on any atom is -0.391 e. The van der Waals surface area contributed by atoms with Crippen molar-refractivity contribution in [3.05, 3.63) is 47.3 Å². The smallest absolute Gasteiger partial charge is 0.243 e. The second-order valence-corrected chi connectivity index (χ2v) is 6.04. The number of aromatic nitrogens is 2. The number of benzene rings is 1. The molecule has 2 aromatic rings. The van der Waals surface area contributed by atoms with E-state index in [0.29, 0.717) is 5.69 Å². The summed E-state index contributed by atoms with van der Waals surface area (Å²) in [6.45, 7) is -1.06. The van der Waals surface area contributed by atoms with E-state index in [0.717, 1.165) is 12.1 Å². The Morgan fingerprint density at radius 2 is 2.05 bits per heavy atom. The van der Waals surface area contributed by atoms with Crippen molar-refractivity contribution in [1.29, 1.82) is 0 Å². The summed E-state index contributed by atoms with van der Waals surface area (Å²) in [5.41, 5.74) is -0.235. The molecule has 0 aliphatic rings. The van der Waals surface area contributed by atoms with E-state index >= 15 is 0 Å². The number of rotatable bonds is 5. The predicted octanol–water partition coefficient (Wildman–Crippen LogP) is 0.669. The van der Waals surface area contributed by atoms with Crippen LogP contribution in [0.4, 0.5) is 8.78 Å². The van der Waals surface area contributed by atoms with E-state index in [4.69, 9.17) is 5.11 Å². The molecule has 2 rings (SSSR count). The first-order chi connectivity index (χ1) is 9.85. The summed E-state index contributed by atoms with van der Waals surface area (Å²) < 4.78 is 54.9. The van der Waals surface area contributed by atoms with Crippen LogP contribution in [-0.2, 0) is 30.2 Å². The minimum absolute atomic E-state index is 0.131. The molecule has 0 aliphatic carbocycles. The highest BCUT2D eigenvalue weighted by Crippen LogP contribution is 2.21. The molecule has 2 N–H and O–H groups in total. The fraction of sp³-hybridized carbons (Fsp3) is 0.250. The van der Waals surface area contributed by atoms with Gasteiger partial charge in [0.15, 0.2) is 5.82 Å². The number of nitrogens with one attached hydrogen (secondary N) is 1. The lowest BCUT2D eigenvalue weighted by Gasteiger charge is -2.09. The van der Waals surface area contributed by atoms with Gasteiger partial charge in [0, 0.05) is 13.2 Å². The average molecular weight is 317 g/mol. The molecule has 1 aromatic carbocycles. The fourth-order valence-corrected chi connectivity index (χ4v) is 2.83. The number of hydrogen-bond acceptors (Lipinski definition) is 4. The maximum absolute atomic E-state index is 13.9. The van der Waals surface area contributed by atoms with Crippen molar-refractivity contribution in [2.45, 2.75) is 18.0 Å². The van der Waals surface area contributed by atoms with Crippen molar-refractivity contribution in [1.82, 2.24) is 14.5 Å². The van der Waals surface area contributed by atoms with Crippen LogP contribution < -0.4 is 4.72 Å². The van der Waals surface area contributed by atoms with Gasteiger partial charge in [0.2, 0.25) is 10.0 Å². The van der Waals surface area contributed by atoms with Gasteiger partial charge >= 0.3 is 0 Å². The highest BCUT2D eigenvalue weighted by Gasteiger charge is 2.23. The van der Waals surface area contributed by atoms with E-state index in [2.05, 4.69) is 9.82 Å². The van der Waals surface area contributed by atoms with E-state index in [1.165, 1.54) is 4.68 Å². The number of aryl methyl sites for hydroxylation is 1. The van der Waals surface area contributed by atoms with Gasteiger partial charge in [0.1, 0.15) is 10.7 Å². The molecule has 0 unspecified atom stereocenters. The number of halogens is 2. The molecule has 1 aromatic heterocycles. The second kappa shape index (κ2) is 5.88. The van der Waals surface area contributed by atoms with Crippen LogP contribution in [-0.4, -0.2) is 23.3 Å². The van der Waals surface area contributed by atoms with Gasteiger partial charge in [-0.05, 0) is 18.2 Å². The Hall–Kier alpha value is -1.84. The lowest BCUT2D eigenvalue weighted by molar-refractivity contribution is 0.267. The van der Waals surface area contributed by atoms with Gasteiger partial charge in [-0.25, -0.2) is 21.9 Å². The Balaban J connectivity index is 2.27. The molecule has 1 heterocycles. The van der Waals surface area contributed by atoms with Crippen LogP contribution in [0.1, 0.15) is 11.3 Å². The van der Waals surface area contributed by atoms with E-state index in [-0.39, 0.29) is 6.54 Å². The lowest BCUT2D eigenvalue weighted by Crippen LogP contribution is -2.25. The Morgan fingerprint density at radius 1 is 1.33 bits per heavy atom. The molecule has 9 heteroatoms. The van der Waals surface area contributed by atoms with Crippen molar-refractivity contribution in [2.24, 2.45) is 7.05 Å².